The average molecular weight is 475 g/mol. The molecule has 6 heteroatoms. The lowest BCUT2D eigenvalue weighted by atomic mass is 10.1. The van der Waals surface area contributed by atoms with E-state index >= 15 is 0 Å². The second kappa shape index (κ2) is 10.3. The van der Waals surface area contributed by atoms with Crippen molar-refractivity contribution in [2.45, 2.75) is 23.1 Å². The smallest absolute Gasteiger partial charge is 0.264 e. The van der Waals surface area contributed by atoms with E-state index in [9.17, 15) is 9.59 Å². The minimum absolute atomic E-state index is 0.0692. The SMILES string of the molecule is CSc1ccc(CCNC(=O)c2ccc3c(c2)N(C)C(=O)/C(=C\c2cccc(C)c2)S3)cc1. The molecule has 0 spiro atoms. The molecule has 1 heterocycles. The number of hydrogen-bond donors (Lipinski definition) is 1. The van der Waals surface area contributed by atoms with Crippen LogP contribution in [0.25, 0.3) is 6.08 Å². The molecule has 1 N–H and O–H groups in total. The molecule has 0 unspecified atom stereocenters. The molecule has 33 heavy (non-hydrogen) atoms. The Morgan fingerprint density at radius 2 is 1.88 bits per heavy atom. The first-order chi connectivity index (χ1) is 15.9. The van der Waals surface area contributed by atoms with Gasteiger partial charge in [0.1, 0.15) is 0 Å². The maximum absolute atomic E-state index is 13.0. The lowest BCUT2D eigenvalue weighted by Crippen LogP contribution is -2.31. The summed E-state index contributed by atoms with van der Waals surface area (Å²) in [4.78, 5) is 30.2. The molecule has 1 aliphatic heterocycles. The van der Waals surface area contributed by atoms with Crippen molar-refractivity contribution >= 4 is 47.1 Å². The molecule has 0 aliphatic carbocycles. The van der Waals surface area contributed by atoms with Gasteiger partial charge in [-0.3, -0.25) is 9.59 Å². The lowest BCUT2D eigenvalue weighted by molar-refractivity contribution is -0.114. The fourth-order valence-corrected chi connectivity index (χ4v) is 5.16. The topological polar surface area (TPSA) is 49.4 Å². The van der Waals surface area contributed by atoms with Crippen LogP contribution in [0.4, 0.5) is 5.69 Å². The van der Waals surface area contributed by atoms with Crippen molar-refractivity contribution in [3.63, 3.8) is 0 Å². The molecule has 1 aliphatic rings. The summed E-state index contributed by atoms with van der Waals surface area (Å²) in [5.74, 6) is -0.203. The molecule has 0 fully saturated rings. The van der Waals surface area contributed by atoms with E-state index in [1.165, 1.54) is 22.2 Å². The van der Waals surface area contributed by atoms with Crippen LogP contribution in [0.15, 0.2) is 81.4 Å². The minimum atomic E-state index is -0.134. The van der Waals surface area contributed by atoms with Gasteiger partial charge in [-0.25, -0.2) is 0 Å². The number of nitrogens with zero attached hydrogens (tertiary/aromatic N) is 1. The van der Waals surface area contributed by atoms with Crippen LogP contribution in [0, 0.1) is 6.92 Å². The first-order valence-corrected chi connectivity index (χ1v) is 12.8. The van der Waals surface area contributed by atoms with Gasteiger partial charge in [-0.2, -0.15) is 0 Å². The molecule has 0 saturated heterocycles. The molecule has 2 amide bonds. The molecule has 168 valence electrons. The number of benzene rings is 3. The predicted octanol–water partition coefficient (Wildman–Crippen LogP) is 5.80. The van der Waals surface area contributed by atoms with Gasteiger partial charge in [-0.15, -0.1) is 11.8 Å². The number of nitrogens with one attached hydrogen (secondary N) is 1. The summed E-state index contributed by atoms with van der Waals surface area (Å²) in [6.07, 6.45) is 4.75. The maximum atomic E-state index is 13.0. The maximum Gasteiger partial charge on any atom is 0.264 e. The van der Waals surface area contributed by atoms with Gasteiger partial charge in [0.05, 0.1) is 10.6 Å². The van der Waals surface area contributed by atoms with Crippen LogP contribution in [0.2, 0.25) is 0 Å². The van der Waals surface area contributed by atoms with E-state index in [-0.39, 0.29) is 11.8 Å². The zero-order valence-electron chi connectivity index (χ0n) is 18.9. The third kappa shape index (κ3) is 5.52. The monoisotopic (exact) mass is 474 g/mol. The van der Waals surface area contributed by atoms with Gasteiger partial charge in [0.25, 0.3) is 11.8 Å². The number of thioether (sulfide) groups is 2. The Morgan fingerprint density at radius 3 is 2.61 bits per heavy atom. The van der Waals surface area contributed by atoms with Crippen LogP contribution >= 0.6 is 23.5 Å². The van der Waals surface area contributed by atoms with E-state index in [0.29, 0.717) is 17.0 Å². The summed E-state index contributed by atoms with van der Waals surface area (Å²) >= 11 is 3.16. The van der Waals surface area contributed by atoms with Crippen LogP contribution < -0.4 is 10.2 Å². The van der Waals surface area contributed by atoms with Crippen LogP contribution in [0.5, 0.6) is 0 Å². The molecule has 3 aromatic rings. The molecule has 4 rings (SSSR count). The largest absolute Gasteiger partial charge is 0.352 e. The molecule has 0 bridgehead atoms. The van der Waals surface area contributed by atoms with Gasteiger partial charge in [0.2, 0.25) is 0 Å². The third-order valence-corrected chi connectivity index (χ3v) is 7.34. The van der Waals surface area contributed by atoms with Gasteiger partial charge < -0.3 is 10.2 Å². The van der Waals surface area contributed by atoms with E-state index in [4.69, 9.17) is 0 Å². The number of amides is 2. The number of hydrogen-bond acceptors (Lipinski definition) is 4. The second-order valence-electron chi connectivity index (χ2n) is 7.93. The van der Waals surface area contributed by atoms with E-state index in [1.807, 2.05) is 43.3 Å². The van der Waals surface area contributed by atoms with Gasteiger partial charge in [-0.1, -0.05) is 53.7 Å². The number of aryl methyl sites for hydroxylation is 1. The summed E-state index contributed by atoms with van der Waals surface area (Å²) in [5.41, 5.74) is 4.65. The van der Waals surface area contributed by atoms with E-state index in [0.717, 1.165) is 28.1 Å². The molecule has 0 saturated carbocycles. The number of likely N-dealkylation sites (N-methyl/N-ethyl adjacent to an activating group) is 1. The highest BCUT2D eigenvalue weighted by Crippen LogP contribution is 2.42. The quantitative estimate of drug-likeness (QED) is 0.362. The van der Waals surface area contributed by atoms with Crippen molar-refractivity contribution in [3.05, 3.63) is 93.9 Å². The second-order valence-corrected chi connectivity index (χ2v) is 9.89. The number of anilines is 1. The highest BCUT2D eigenvalue weighted by Gasteiger charge is 2.27. The molecular weight excluding hydrogens is 448 g/mol. The Balaban J connectivity index is 1.44. The van der Waals surface area contributed by atoms with Gasteiger partial charge in [0.15, 0.2) is 0 Å². The van der Waals surface area contributed by atoms with Gasteiger partial charge in [0, 0.05) is 28.9 Å². The van der Waals surface area contributed by atoms with E-state index in [1.54, 1.807) is 29.8 Å². The molecule has 0 atom stereocenters. The summed E-state index contributed by atoms with van der Waals surface area (Å²) in [6, 6.07) is 22.0. The van der Waals surface area contributed by atoms with Crippen LogP contribution in [0.1, 0.15) is 27.0 Å². The van der Waals surface area contributed by atoms with Crippen molar-refractivity contribution in [2.24, 2.45) is 0 Å². The molecule has 4 nitrogen and oxygen atoms in total. The van der Waals surface area contributed by atoms with Crippen molar-refractivity contribution in [1.82, 2.24) is 5.32 Å². The van der Waals surface area contributed by atoms with Gasteiger partial charge in [-0.05, 0) is 67.1 Å². The fraction of sp³-hybridized carbons (Fsp3) is 0.185. The normalized spacial score (nSPS) is 14.3. The highest BCUT2D eigenvalue weighted by atomic mass is 32.2. The predicted molar refractivity (Wildman–Crippen MR) is 139 cm³/mol. The Hall–Kier alpha value is -2.96. The Morgan fingerprint density at radius 1 is 1.09 bits per heavy atom. The minimum Gasteiger partial charge on any atom is -0.352 e. The average Bonchev–Trinajstić information content (AvgIpc) is 2.82. The first-order valence-electron chi connectivity index (χ1n) is 10.7. The standard InChI is InChI=1S/C27H26N2O2S2/c1-18-5-4-6-20(15-18)16-25-27(31)29(2)23-17-21(9-12-24(23)33-25)26(30)28-14-13-19-7-10-22(32-3)11-8-19/h4-12,15-17H,13-14H2,1-3H3,(H,28,30)/b25-16+. The fourth-order valence-electron chi connectivity index (χ4n) is 3.66. The first kappa shape index (κ1) is 23.2. The lowest BCUT2D eigenvalue weighted by Gasteiger charge is -2.27. The summed E-state index contributed by atoms with van der Waals surface area (Å²) < 4.78 is 0. The van der Waals surface area contributed by atoms with E-state index < -0.39 is 0 Å². The number of fused-ring (bicyclic) bond motifs is 1. The van der Waals surface area contributed by atoms with Crippen molar-refractivity contribution in [1.29, 1.82) is 0 Å². The Bertz CT molecular complexity index is 1220. The highest BCUT2D eigenvalue weighted by molar-refractivity contribution is 8.04. The van der Waals surface area contributed by atoms with Crippen LogP contribution in [-0.2, 0) is 11.2 Å². The summed E-state index contributed by atoms with van der Waals surface area (Å²) in [7, 11) is 1.75. The Kier molecular flexibility index (Phi) is 7.26. The zero-order chi connectivity index (χ0) is 23.4. The molecule has 0 aromatic heterocycles. The van der Waals surface area contributed by atoms with Crippen LogP contribution in [-0.4, -0.2) is 31.7 Å². The van der Waals surface area contributed by atoms with Crippen molar-refractivity contribution in [3.8, 4) is 0 Å². The number of rotatable bonds is 6. The van der Waals surface area contributed by atoms with Crippen molar-refractivity contribution in [2.75, 3.05) is 24.7 Å². The van der Waals surface area contributed by atoms with E-state index in [2.05, 4.69) is 41.9 Å². The molecule has 3 aromatic carbocycles. The zero-order valence-corrected chi connectivity index (χ0v) is 20.6. The van der Waals surface area contributed by atoms with Gasteiger partial charge >= 0.3 is 0 Å². The number of carbonyl (C=O) groups excluding carboxylic acids is 2. The third-order valence-electron chi connectivity index (χ3n) is 5.52. The molecule has 0 radical (unpaired) electrons. The number of carbonyl (C=O) groups is 2. The Labute approximate surface area is 203 Å². The van der Waals surface area contributed by atoms with Crippen LogP contribution in [0.3, 0.4) is 0 Å². The van der Waals surface area contributed by atoms with Crippen molar-refractivity contribution < 1.29 is 9.59 Å². The molecular formula is C27H26N2O2S2. The summed E-state index contributed by atoms with van der Waals surface area (Å²) in [5, 5.41) is 2.99. The summed E-state index contributed by atoms with van der Waals surface area (Å²) in [6.45, 7) is 2.59.